The van der Waals surface area contributed by atoms with Gasteiger partial charge in [0, 0.05) is 33.4 Å². The summed E-state index contributed by atoms with van der Waals surface area (Å²) in [5, 5.41) is 12.6. The third-order valence-electron chi connectivity index (χ3n) is 13.5. The summed E-state index contributed by atoms with van der Waals surface area (Å²) in [5.74, 6) is 0. The highest BCUT2D eigenvalue weighted by atomic mass is 15.1. The van der Waals surface area contributed by atoms with Gasteiger partial charge in [-0.25, -0.2) is 0 Å². The van der Waals surface area contributed by atoms with E-state index in [4.69, 9.17) is 0 Å². The van der Waals surface area contributed by atoms with Crippen molar-refractivity contribution in [1.82, 2.24) is 4.57 Å². The summed E-state index contributed by atoms with van der Waals surface area (Å²) in [6.45, 7) is 0. The highest BCUT2D eigenvalue weighted by Crippen LogP contribution is 2.45. The van der Waals surface area contributed by atoms with Crippen LogP contribution in [0.1, 0.15) is 0 Å². The molecule has 13 rings (SSSR count). The minimum atomic E-state index is 1.09. The second-order valence-electron chi connectivity index (χ2n) is 17.3. The van der Waals surface area contributed by atoms with Gasteiger partial charge in [-0.1, -0.05) is 194 Å². The summed E-state index contributed by atoms with van der Waals surface area (Å²) in [5.41, 5.74) is 13.9. The minimum absolute atomic E-state index is 1.09. The Morgan fingerprint density at radius 3 is 1.62 bits per heavy atom. The largest absolute Gasteiger partial charge is 0.310 e. The number of rotatable bonds is 7. The van der Waals surface area contributed by atoms with Crippen LogP contribution >= 0.6 is 0 Å². The molecule has 0 unspecified atom stereocenters. The molecule has 0 fully saturated rings. The Morgan fingerprint density at radius 1 is 0.273 bits per heavy atom. The highest BCUT2D eigenvalue weighted by molar-refractivity contribution is 6.16. The molecule has 308 valence electrons. The van der Waals surface area contributed by atoms with Gasteiger partial charge in [0.1, 0.15) is 0 Å². The second-order valence-corrected chi connectivity index (χ2v) is 17.3. The number of para-hydroxylation sites is 2. The lowest BCUT2D eigenvalue weighted by Crippen LogP contribution is -2.11. The van der Waals surface area contributed by atoms with E-state index in [0.29, 0.717) is 0 Å². The quantitative estimate of drug-likeness (QED) is 0.145. The summed E-state index contributed by atoms with van der Waals surface area (Å²) >= 11 is 0. The average Bonchev–Trinajstić information content (AvgIpc) is 3.74. The molecule has 1 heterocycles. The Bertz CT molecular complexity index is 3990. The highest BCUT2D eigenvalue weighted by Gasteiger charge is 2.21. The standard InChI is InChI=1S/C64H42N2/c1-2-14-44(15-3-1)58-22-8-10-25-61(58)65(51-35-32-43(33-36-51)47-34-38-56-49(40-47)30-28-45-16-4-6-20-54(45)56)52-19-12-18-48(41-52)59-24-13-27-63-64(59)60-23-9-11-26-62(60)66(63)53-37-39-57-50(42-53)31-29-46-17-5-7-21-55(46)57/h1-42H. The Labute approximate surface area is 383 Å². The molecule has 2 heteroatoms. The maximum absolute atomic E-state index is 2.44. The van der Waals surface area contributed by atoms with Gasteiger partial charge < -0.3 is 9.47 Å². The number of anilines is 3. The van der Waals surface area contributed by atoms with Crippen LogP contribution < -0.4 is 4.90 Å². The van der Waals surface area contributed by atoms with Crippen molar-refractivity contribution >= 4 is 82.0 Å². The SMILES string of the molecule is c1ccc(-c2ccccc2N(c2ccc(-c3ccc4c(ccc5ccccc54)c3)cc2)c2cccc(-c3cccc4c3c3ccccc3n4-c3ccc4c(ccc5ccccc54)c3)c2)cc1. The first-order valence-corrected chi connectivity index (χ1v) is 22.7. The van der Waals surface area contributed by atoms with Crippen molar-refractivity contribution in [2.45, 2.75) is 0 Å². The van der Waals surface area contributed by atoms with Crippen LogP contribution in [-0.2, 0) is 0 Å². The molecular formula is C64H42N2. The molecule has 0 aliphatic rings. The Morgan fingerprint density at radius 2 is 0.833 bits per heavy atom. The second kappa shape index (κ2) is 15.5. The molecule has 0 aliphatic heterocycles. The van der Waals surface area contributed by atoms with Crippen LogP contribution in [0.4, 0.5) is 17.1 Å². The topological polar surface area (TPSA) is 8.17 Å². The van der Waals surface area contributed by atoms with Gasteiger partial charge >= 0.3 is 0 Å². The first kappa shape index (κ1) is 37.8. The fourth-order valence-corrected chi connectivity index (χ4v) is 10.4. The van der Waals surface area contributed by atoms with Crippen LogP contribution in [0.25, 0.3) is 104 Å². The molecule has 0 atom stereocenters. The molecule has 0 radical (unpaired) electrons. The molecule has 12 aromatic carbocycles. The molecule has 0 aliphatic carbocycles. The van der Waals surface area contributed by atoms with Gasteiger partial charge in [0.2, 0.25) is 0 Å². The maximum Gasteiger partial charge on any atom is 0.0547 e. The van der Waals surface area contributed by atoms with E-state index in [-0.39, 0.29) is 0 Å². The molecule has 1 aromatic heterocycles. The molecule has 0 spiro atoms. The van der Waals surface area contributed by atoms with Gasteiger partial charge in [-0.2, -0.15) is 0 Å². The fraction of sp³-hybridized carbons (Fsp3) is 0. The van der Waals surface area contributed by atoms with Crippen molar-refractivity contribution in [2.24, 2.45) is 0 Å². The monoisotopic (exact) mass is 838 g/mol. The molecule has 13 aromatic rings. The molecule has 0 saturated carbocycles. The molecule has 0 amide bonds. The number of aromatic nitrogens is 1. The zero-order valence-electron chi connectivity index (χ0n) is 36.1. The summed E-state index contributed by atoms with van der Waals surface area (Å²) in [6, 6.07) is 93.3. The first-order chi connectivity index (χ1) is 32.7. The van der Waals surface area contributed by atoms with E-state index in [0.717, 1.165) is 28.3 Å². The lowest BCUT2D eigenvalue weighted by molar-refractivity contribution is 1.19. The van der Waals surface area contributed by atoms with E-state index in [9.17, 15) is 0 Å². The predicted molar refractivity (Wildman–Crippen MR) is 282 cm³/mol. The van der Waals surface area contributed by atoms with Crippen LogP contribution in [0.15, 0.2) is 255 Å². The van der Waals surface area contributed by atoms with Crippen LogP contribution in [0.2, 0.25) is 0 Å². The number of hydrogen-bond donors (Lipinski definition) is 0. The van der Waals surface area contributed by atoms with Gasteiger partial charge in [0.15, 0.2) is 0 Å². The normalized spacial score (nSPS) is 11.6. The van der Waals surface area contributed by atoms with Crippen molar-refractivity contribution in [3.8, 4) is 39.1 Å². The molecule has 66 heavy (non-hydrogen) atoms. The summed E-state index contributed by atoms with van der Waals surface area (Å²) < 4.78 is 2.44. The van der Waals surface area contributed by atoms with E-state index in [1.165, 1.54) is 92.7 Å². The van der Waals surface area contributed by atoms with E-state index >= 15 is 0 Å². The number of nitrogens with zero attached hydrogens (tertiary/aromatic N) is 2. The number of fused-ring (bicyclic) bond motifs is 9. The van der Waals surface area contributed by atoms with Crippen molar-refractivity contribution in [2.75, 3.05) is 4.90 Å². The van der Waals surface area contributed by atoms with Crippen LogP contribution in [0, 0.1) is 0 Å². The fourth-order valence-electron chi connectivity index (χ4n) is 10.4. The number of hydrogen-bond acceptors (Lipinski definition) is 1. The van der Waals surface area contributed by atoms with Gasteiger partial charge in [0.05, 0.1) is 16.7 Å². The molecule has 0 N–H and O–H groups in total. The molecule has 2 nitrogen and oxygen atoms in total. The van der Waals surface area contributed by atoms with Gasteiger partial charge in [0.25, 0.3) is 0 Å². The third-order valence-corrected chi connectivity index (χ3v) is 13.5. The van der Waals surface area contributed by atoms with E-state index in [1.54, 1.807) is 0 Å². The maximum atomic E-state index is 2.44. The zero-order chi connectivity index (χ0) is 43.6. The lowest BCUT2D eigenvalue weighted by Gasteiger charge is -2.28. The van der Waals surface area contributed by atoms with E-state index in [2.05, 4.69) is 264 Å². The third kappa shape index (κ3) is 6.26. The van der Waals surface area contributed by atoms with Crippen LogP contribution in [0.3, 0.4) is 0 Å². The van der Waals surface area contributed by atoms with Crippen molar-refractivity contribution in [3.05, 3.63) is 255 Å². The predicted octanol–water partition coefficient (Wildman–Crippen LogP) is 17.9. The molecule has 0 bridgehead atoms. The smallest absolute Gasteiger partial charge is 0.0547 e. The van der Waals surface area contributed by atoms with Crippen LogP contribution in [0.5, 0.6) is 0 Å². The lowest BCUT2D eigenvalue weighted by atomic mass is 9.96. The van der Waals surface area contributed by atoms with Gasteiger partial charge in [-0.05, 0) is 132 Å². The first-order valence-electron chi connectivity index (χ1n) is 22.7. The number of benzene rings is 12. The summed E-state index contributed by atoms with van der Waals surface area (Å²) in [6.07, 6.45) is 0. The zero-order valence-corrected chi connectivity index (χ0v) is 36.1. The van der Waals surface area contributed by atoms with Crippen molar-refractivity contribution < 1.29 is 0 Å². The van der Waals surface area contributed by atoms with Crippen molar-refractivity contribution in [1.29, 1.82) is 0 Å². The average molecular weight is 839 g/mol. The molecular weight excluding hydrogens is 797 g/mol. The van der Waals surface area contributed by atoms with E-state index in [1.807, 2.05) is 0 Å². The van der Waals surface area contributed by atoms with Crippen molar-refractivity contribution in [3.63, 3.8) is 0 Å². The van der Waals surface area contributed by atoms with Gasteiger partial charge in [-0.15, -0.1) is 0 Å². The molecule has 0 saturated heterocycles. The summed E-state index contributed by atoms with van der Waals surface area (Å²) in [4.78, 5) is 2.42. The summed E-state index contributed by atoms with van der Waals surface area (Å²) in [7, 11) is 0. The minimum Gasteiger partial charge on any atom is -0.310 e. The Kier molecular flexibility index (Phi) is 8.89. The Hall–Kier alpha value is -8.72. The van der Waals surface area contributed by atoms with Gasteiger partial charge in [-0.3, -0.25) is 0 Å². The Balaban J connectivity index is 0.951. The van der Waals surface area contributed by atoms with E-state index < -0.39 is 0 Å². The van der Waals surface area contributed by atoms with Crippen LogP contribution in [-0.4, -0.2) is 4.57 Å².